The summed E-state index contributed by atoms with van der Waals surface area (Å²) in [5, 5.41) is 1.14. The normalized spacial score (nSPS) is 18.8. The Morgan fingerprint density at radius 1 is 1.41 bits per heavy atom. The van der Waals surface area contributed by atoms with Crippen LogP contribution in [0.2, 0.25) is 0 Å². The topological polar surface area (TPSA) is 16.1 Å². The van der Waals surface area contributed by atoms with Gasteiger partial charge in [-0.3, -0.25) is 4.98 Å². The van der Waals surface area contributed by atoms with Crippen LogP contribution in [0.25, 0.3) is 0 Å². The number of pyridine rings is 1. The van der Waals surface area contributed by atoms with E-state index in [4.69, 9.17) is 0 Å². The summed E-state index contributed by atoms with van der Waals surface area (Å²) in [6.07, 6.45) is 9.33. The summed E-state index contributed by atoms with van der Waals surface area (Å²) in [5.41, 5.74) is 1.81. The fourth-order valence-corrected chi connectivity index (χ4v) is 3.63. The third-order valence-corrected chi connectivity index (χ3v) is 4.92. The highest BCUT2D eigenvalue weighted by molar-refractivity contribution is 9.09. The van der Waals surface area contributed by atoms with Crippen LogP contribution in [0.3, 0.4) is 0 Å². The lowest BCUT2D eigenvalue weighted by molar-refractivity contribution is 0.196. The molecule has 1 heterocycles. The first-order chi connectivity index (χ1) is 8.24. The standard InChI is InChI=1S/C14H21BrN2/c1-17(10-13-5-4-8-16-9-13)12-14(11-15)6-2-3-7-14/h4-5,8-9H,2-3,6-7,10-12H2,1H3. The molecule has 1 aliphatic carbocycles. The fourth-order valence-electron chi connectivity index (χ4n) is 2.89. The van der Waals surface area contributed by atoms with Gasteiger partial charge in [0.2, 0.25) is 0 Å². The minimum absolute atomic E-state index is 0.511. The second kappa shape index (κ2) is 5.96. The molecule has 1 fully saturated rings. The molecule has 0 unspecified atom stereocenters. The Morgan fingerprint density at radius 3 is 2.76 bits per heavy atom. The summed E-state index contributed by atoms with van der Waals surface area (Å²) in [6.45, 7) is 2.19. The van der Waals surface area contributed by atoms with E-state index >= 15 is 0 Å². The van der Waals surface area contributed by atoms with Crippen molar-refractivity contribution >= 4 is 15.9 Å². The van der Waals surface area contributed by atoms with Crippen LogP contribution >= 0.6 is 15.9 Å². The fraction of sp³-hybridized carbons (Fsp3) is 0.643. The first kappa shape index (κ1) is 13.0. The Balaban J connectivity index is 1.90. The molecule has 0 aliphatic heterocycles. The molecule has 3 heteroatoms. The van der Waals surface area contributed by atoms with Gasteiger partial charge in [0.25, 0.3) is 0 Å². The Labute approximate surface area is 113 Å². The first-order valence-electron chi connectivity index (χ1n) is 6.38. The second-order valence-corrected chi connectivity index (χ2v) is 5.94. The van der Waals surface area contributed by atoms with Gasteiger partial charge in [-0.25, -0.2) is 0 Å². The zero-order valence-electron chi connectivity index (χ0n) is 10.5. The average molecular weight is 297 g/mol. The third kappa shape index (κ3) is 3.52. The number of halogens is 1. The van der Waals surface area contributed by atoms with Crippen molar-refractivity contribution in [3.8, 4) is 0 Å². The van der Waals surface area contributed by atoms with Gasteiger partial charge in [-0.2, -0.15) is 0 Å². The van der Waals surface area contributed by atoms with Crippen LogP contribution in [-0.2, 0) is 6.54 Å². The molecular weight excluding hydrogens is 276 g/mol. The van der Waals surface area contributed by atoms with Crippen molar-refractivity contribution < 1.29 is 0 Å². The van der Waals surface area contributed by atoms with Gasteiger partial charge in [0.05, 0.1) is 0 Å². The van der Waals surface area contributed by atoms with Crippen LogP contribution in [0.4, 0.5) is 0 Å². The van der Waals surface area contributed by atoms with Crippen molar-refractivity contribution in [2.24, 2.45) is 5.41 Å². The minimum atomic E-state index is 0.511. The van der Waals surface area contributed by atoms with E-state index in [1.807, 2.05) is 18.5 Å². The largest absolute Gasteiger partial charge is 0.301 e. The molecule has 2 nitrogen and oxygen atoms in total. The maximum absolute atomic E-state index is 4.17. The molecule has 1 aromatic heterocycles. The number of rotatable bonds is 5. The molecule has 2 rings (SSSR count). The van der Waals surface area contributed by atoms with Crippen molar-refractivity contribution in [2.75, 3.05) is 18.9 Å². The van der Waals surface area contributed by atoms with Crippen molar-refractivity contribution in [3.63, 3.8) is 0 Å². The van der Waals surface area contributed by atoms with Gasteiger partial charge in [0.1, 0.15) is 0 Å². The lowest BCUT2D eigenvalue weighted by Gasteiger charge is -2.32. The van der Waals surface area contributed by atoms with Gasteiger partial charge in [-0.15, -0.1) is 0 Å². The average Bonchev–Trinajstić information content (AvgIpc) is 2.79. The third-order valence-electron chi connectivity index (χ3n) is 3.73. The molecule has 1 aliphatic rings. The van der Waals surface area contributed by atoms with Crippen LogP contribution in [0.15, 0.2) is 24.5 Å². The highest BCUT2D eigenvalue weighted by atomic mass is 79.9. The number of hydrogen-bond donors (Lipinski definition) is 0. The summed E-state index contributed by atoms with van der Waals surface area (Å²) in [5.74, 6) is 0. The highest BCUT2D eigenvalue weighted by Gasteiger charge is 2.33. The lowest BCUT2D eigenvalue weighted by Crippen LogP contribution is -2.34. The summed E-state index contributed by atoms with van der Waals surface area (Å²) >= 11 is 3.71. The van der Waals surface area contributed by atoms with Gasteiger partial charge in [0, 0.05) is 30.8 Å². The molecule has 1 saturated carbocycles. The Morgan fingerprint density at radius 2 is 2.18 bits per heavy atom. The van der Waals surface area contributed by atoms with Gasteiger partial charge >= 0.3 is 0 Å². The number of alkyl halides is 1. The Hall–Kier alpha value is -0.410. The van der Waals surface area contributed by atoms with E-state index in [1.54, 1.807) is 0 Å². The van der Waals surface area contributed by atoms with Gasteiger partial charge in [-0.1, -0.05) is 34.8 Å². The molecule has 0 saturated heterocycles. The second-order valence-electron chi connectivity index (χ2n) is 5.37. The summed E-state index contributed by atoms with van der Waals surface area (Å²) < 4.78 is 0. The van der Waals surface area contributed by atoms with E-state index in [9.17, 15) is 0 Å². The van der Waals surface area contributed by atoms with E-state index in [-0.39, 0.29) is 0 Å². The van der Waals surface area contributed by atoms with Crippen molar-refractivity contribution in [2.45, 2.75) is 32.2 Å². The molecule has 0 atom stereocenters. The number of nitrogens with zero attached hydrogens (tertiary/aromatic N) is 2. The van der Waals surface area contributed by atoms with E-state index in [1.165, 1.54) is 37.8 Å². The molecule has 0 radical (unpaired) electrons. The molecule has 17 heavy (non-hydrogen) atoms. The quantitative estimate of drug-likeness (QED) is 0.774. The van der Waals surface area contributed by atoms with E-state index < -0.39 is 0 Å². The van der Waals surface area contributed by atoms with Crippen LogP contribution < -0.4 is 0 Å². The lowest BCUT2D eigenvalue weighted by atomic mass is 9.88. The maximum atomic E-state index is 4.17. The predicted octanol–water partition coefficient (Wildman–Crippen LogP) is 3.47. The van der Waals surface area contributed by atoms with Crippen LogP contribution in [0.1, 0.15) is 31.2 Å². The number of aromatic nitrogens is 1. The highest BCUT2D eigenvalue weighted by Crippen LogP contribution is 2.40. The summed E-state index contributed by atoms with van der Waals surface area (Å²) in [7, 11) is 2.22. The summed E-state index contributed by atoms with van der Waals surface area (Å²) in [4.78, 5) is 6.61. The van der Waals surface area contributed by atoms with Crippen molar-refractivity contribution in [3.05, 3.63) is 30.1 Å². The zero-order chi connectivity index (χ0) is 12.1. The monoisotopic (exact) mass is 296 g/mol. The zero-order valence-corrected chi connectivity index (χ0v) is 12.1. The summed E-state index contributed by atoms with van der Waals surface area (Å²) in [6, 6.07) is 4.16. The van der Waals surface area contributed by atoms with Gasteiger partial charge in [-0.05, 0) is 36.9 Å². The molecule has 0 amide bonds. The maximum Gasteiger partial charge on any atom is 0.0312 e. The minimum Gasteiger partial charge on any atom is -0.301 e. The van der Waals surface area contributed by atoms with Crippen LogP contribution in [-0.4, -0.2) is 28.8 Å². The molecule has 0 N–H and O–H groups in total. The molecule has 0 spiro atoms. The van der Waals surface area contributed by atoms with Crippen LogP contribution in [0.5, 0.6) is 0 Å². The van der Waals surface area contributed by atoms with Gasteiger partial charge < -0.3 is 4.90 Å². The van der Waals surface area contributed by atoms with Crippen molar-refractivity contribution in [1.29, 1.82) is 0 Å². The van der Waals surface area contributed by atoms with Gasteiger partial charge in [0.15, 0.2) is 0 Å². The van der Waals surface area contributed by atoms with E-state index in [2.05, 4.69) is 38.9 Å². The Kier molecular flexibility index (Phi) is 4.57. The molecule has 0 bridgehead atoms. The van der Waals surface area contributed by atoms with E-state index in [0.717, 1.165) is 11.9 Å². The molecule has 0 aromatic carbocycles. The molecule has 94 valence electrons. The van der Waals surface area contributed by atoms with Crippen molar-refractivity contribution in [1.82, 2.24) is 9.88 Å². The predicted molar refractivity (Wildman–Crippen MR) is 75.3 cm³/mol. The van der Waals surface area contributed by atoms with Crippen LogP contribution in [0, 0.1) is 5.41 Å². The van der Waals surface area contributed by atoms with E-state index in [0.29, 0.717) is 5.41 Å². The first-order valence-corrected chi connectivity index (χ1v) is 7.50. The molecular formula is C14H21BrN2. The molecule has 1 aromatic rings. The Bertz CT molecular complexity index is 333. The number of hydrogen-bond acceptors (Lipinski definition) is 2. The SMILES string of the molecule is CN(Cc1cccnc1)CC1(CBr)CCCC1. The smallest absolute Gasteiger partial charge is 0.0312 e.